The van der Waals surface area contributed by atoms with E-state index in [0.717, 1.165) is 13.2 Å². The molecule has 1 aliphatic rings. The van der Waals surface area contributed by atoms with Crippen LogP contribution in [0.4, 0.5) is 0 Å². The van der Waals surface area contributed by atoms with Gasteiger partial charge in [-0.3, -0.25) is 0 Å². The third-order valence-corrected chi connectivity index (χ3v) is 3.97. The number of hydrogen-bond acceptors (Lipinski definition) is 2. The van der Waals surface area contributed by atoms with E-state index in [-0.39, 0.29) is 5.41 Å². The van der Waals surface area contributed by atoms with Gasteiger partial charge in [-0.1, -0.05) is 12.1 Å². The van der Waals surface area contributed by atoms with Crippen LogP contribution in [0.2, 0.25) is 0 Å². The van der Waals surface area contributed by atoms with Crippen molar-refractivity contribution < 1.29 is 4.74 Å². The highest BCUT2D eigenvalue weighted by Gasteiger charge is 2.39. The van der Waals surface area contributed by atoms with Crippen LogP contribution in [0.1, 0.15) is 5.56 Å². The molecule has 1 saturated heterocycles. The fourth-order valence-electron chi connectivity index (χ4n) is 1.61. The normalized spacial score (nSPS) is 19.0. The first kappa shape index (κ1) is 10.3. The van der Waals surface area contributed by atoms with Crippen LogP contribution in [0.3, 0.4) is 0 Å². The molecule has 0 bridgehead atoms. The first-order chi connectivity index (χ1) is 6.80. The van der Waals surface area contributed by atoms with Crippen LogP contribution in [0.25, 0.3) is 0 Å². The minimum absolute atomic E-state index is 0.0818. The topological polar surface area (TPSA) is 9.23 Å². The molecule has 1 aliphatic heterocycles. The maximum Gasteiger partial charge on any atom is 0.0597 e. The Hall–Kier alpha value is -0.180. The lowest BCUT2D eigenvalue weighted by Crippen LogP contribution is -2.48. The monoisotopic (exact) mass is 228 g/mol. The Morgan fingerprint density at radius 1 is 1.36 bits per heavy atom. The molecule has 2 rings (SSSR count). The fourth-order valence-corrected chi connectivity index (χ4v) is 2.33. The van der Waals surface area contributed by atoms with Crippen LogP contribution in [-0.2, 0) is 10.2 Å². The van der Waals surface area contributed by atoms with Crippen molar-refractivity contribution in [2.75, 3.05) is 25.3 Å². The summed E-state index contributed by atoms with van der Waals surface area (Å²) in [4.78, 5) is 1.29. The molecule has 76 valence electrons. The predicted molar refractivity (Wildman–Crippen MR) is 61.4 cm³/mol. The number of alkyl halides is 1. The van der Waals surface area contributed by atoms with Gasteiger partial charge in [0.15, 0.2) is 0 Å². The van der Waals surface area contributed by atoms with Gasteiger partial charge in [0.1, 0.15) is 0 Å². The van der Waals surface area contributed by atoms with Crippen molar-refractivity contribution >= 4 is 23.4 Å². The van der Waals surface area contributed by atoms with Gasteiger partial charge in [0.2, 0.25) is 0 Å². The molecular formula is C11H13ClOS. The van der Waals surface area contributed by atoms with Gasteiger partial charge in [0.05, 0.1) is 18.6 Å². The Kier molecular flexibility index (Phi) is 3.05. The highest BCUT2D eigenvalue weighted by Crippen LogP contribution is 2.34. The summed E-state index contributed by atoms with van der Waals surface area (Å²) in [6.07, 6.45) is 2.08. The summed E-state index contributed by atoms with van der Waals surface area (Å²) < 4.78 is 5.25. The molecule has 0 unspecified atom stereocenters. The van der Waals surface area contributed by atoms with Crippen molar-refractivity contribution in [3.05, 3.63) is 29.8 Å². The van der Waals surface area contributed by atoms with Crippen molar-refractivity contribution in [1.29, 1.82) is 0 Å². The first-order valence-corrected chi connectivity index (χ1v) is 6.35. The summed E-state index contributed by atoms with van der Waals surface area (Å²) in [5.41, 5.74) is 1.38. The number of halogens is 1. The molecule has 0 spiro atoms. The lowest BCUT2D eigenvalue weighted by molar-refractivity contribution is -0.0480. The average Bonchev–Trinajstić information content (AvgIpc) is 2.18. The zero-order valence-corrected chi connectivity index (χ0v) is 9.70. The fraction of sp³-hybridized carbons (Fsp3) is 0.455. The van der Waals surface area contributed by atoms with E-state index in [9.17, 15) is 0 Å². The van der Waals surface area contributed by atoms with Crippen molar-refractivity contribution in [2.24, 2.45) is 0 Å². The van der Waals surface area contributed by atoms with E-state index >= 15 is 0 Å². The average molecular weight is 229 g/mol. The van der Waals surface area contributed by atoms with Crippen molar-refractivity contribution in [3.8, 4) is 0 Å². The van der Waals surface area contributed by atoms with E-state index < -0.39 is 0 Å². The third kappa shape index (κ3) is 1.67. The number of benzene rings is 1. The summed E-state index contributed by atoms with van der Waals surface area (Å²) >= 11 is 7.74. The molecule has 1 fully saturated rings. The van der Waals surface area contributed by atoms with E-state index in [1.807, 2.05) is 0 Å². The summed E-state index contributed by atoms with van der Waals surface area (Å²) in [7, 11) is 0. The minimum Gasteiger partial charge on any atom is -0.379 e. The second kappa shape index (κ2) is 4.13. The first-order valence-electron chi connectivity index (χ1n) is 4.59. The van der Waals surface area contributed by atoms with Crippen LogP contribution in [-0.4, -0.2) is 25.3 Å². The molecule has 1 nitrogen and oxygen atoms in total. The third-order valence-electron chi connectivity index (χ3n) is 2.71. The van der Waals surface area contributed by atoms with E-state index in [2.05, 4.69) is 30.5 Å². The summed E-state index contributed by atoms with van der Waals surface area (Å²) in [5.74, 6) is 0.644. The van der Waals surface area contributed by atoms with E-state index in [1.54, 1.807) is 11.8 Å². The molecule has 3 heteroatoms. The number of rotatable bonds is 3. The van der Waals surface area contributed by atoms with Gasteiger partial charge in [-0.05, 0) is 24.0 Å². The molecule has 0 saturated carbocycles. The van der Waals surface area contributed by atoms with Gasteiger partial charge in [-0.2, -0.15) is 0 Å². The molecule has 1 heterocycles. The van der Waals surface area contributed by atoms with Gasteiger partial charge in [0, 0.05) is 10.8 Å². The number of ether oxygens (including phenoxy) is 1. The van der Waals surface area contributed by atoms with E-state index in [0.29, 0.717) is 5.88 Å². The van der Waals surface area contributed by atoms with Crippen molar-refractivity contribution in [2.45, 2.75) is 10.3 Å². The van der Waals surface area contributed by atoms with Crippen LogP contribution in [0, 0.1) is 0 Å². The molecule has 1 aromatic rings. The standard InChI is InChI=1S/C11H13ClOS/c1-14-10-4-2-9(3-5-10)11(6-12)7-13-8-11/h2-5H,6-8H2,1H3. The van der Waals surface area contributed by atoms with Crippen LogP contribution >= 0.6 is 23.4 Å². The minimum atomic E-state index is 0.0818. The second-order valence-electron chi connectivity index (χ2n) is 3.64. The zero-order valence-electron chi connectivity index (χ0n) is 8.13. The summed E-state index contributed by atoms with van der Waals surface area (Å²) in [6, 6.07) is 8.62. The summed E-state index contributed by atoms with van der Waals surface area (Å²) in [6.45, 7) is 1.52. The van der Waals surface area contributed by atoms with Gasteiger partial charge in [-0.15, -0.1) is 23.4 Å². The zero-order chi connectivity index (χ0) is 10.0. The largest absolute Gasteiger partial charge is 0.379 e. The quantitative estimate of drug-likeness (QED) is 0.581. The van der Waals surface area contributed by atoms with Crippen LogP contribution < -0.4 is 0 Å². The Morgan fingerprint density at radius 2 is 2.00 bits per heavy atom. The van der Waals surface area contributed by atoms with Gasteiger partial charge < -0.3 is 4.74 Å². The van der Waals surface area contributed by atoms with E-state index in [1.165, 1.54) is 10.5 Å². The smallest absolute Gasteiger partial charge is 0.0597 e. The second-order valence-corrected chi connectivity index (χ2v) is 4.78. The van der Waals surface area contributed by atoms with Gasteiger partial charge in [-0.25, -0.2) is 0 Å². The molecule has 0 aliphatic carbocycles. The highest BCUT2D eigenvalue weighted by molar-refractivity contribution is 7.98. The SMILES string of the molecule is CSc1ccc(C2(CCl)COC2)cc1. The highest BCUT2D eigenvalue weighted by atomic mass is 35.5. The number of hydrogen-bond donors (Lipinski definition) is 0. The Bertz CT molecular complexity index is 300. The molecule has 0 aromatic heterocycles. The molecule has 1 aromatic carbocycles. The lowest BCUT2D eigenvalue weighted by Gasteiger charge is -2.40. The lowest BCUT2D eigenvalue weighted by atomic mass is 9.81. The van der Waals surface area contributed by atoms with Crippen LogP contribution in [0.5, 0.6) is 0 Å². The predicted octanol–water partition coefficient (Wildman–Crippen LogP) is 2.92. The molecule has 0 atom stereocenters. The molecule has 0 radical (unpaired) electrons. The molecule has 0 amide bonds. The maximum atomic E-state index is 5.98. The van der Waals surface area contributed by atoms with E-state index in [4.69, 9.17) is 16.3 Å². The number of thioether (sulfide) groups is 1. The van der Waals surface area contributed by atoms with Gasteiger partial charge >= 0.3 is 0 Å². The Morgan fingerprint density at radius 3 is 2.36 bits per heavy atom. The van der Waals surface area contributed by atoms with Gasteiger partial charge in [0.25, 0.3) is 0 Å². The Balaban J connectivity index is 2.23. The van der Waals surface area contributed by atoms with Crippen LogP contribution in [0.15, 0.2) is 29.2 Å². The molecule has 14 heavy (non-hydrogen) atoms. The maximum absolute atomic E-state index is 5.98. The molecule has 0 N–H and O–H groups in total. The summed E-state index contributed by atoms with van der Waals surface area (Å²) in [5, 5.41) is 0. The Labute approximate surface area is 93.8 Å². The van der Waals surface area contributed by atoms with Crippen molar-refractivity contribution in [1.82, 2.24) is 0 Å². The van der Waals surface area contributed by atoms with Crippen molar-refractivity contribution in [3.63, 3.8) is 0 Å². The molecular weight excluding hydrogens is 216 g/mol.